The summed E-state index contributed by atoms with van der Waals surface area (Å²) < 4.78 is 5.72. The minimum atomic E-state index is 0.113. The molecule has 1 aromatic rings. The van der Waals surface area contributed by atoms with Crippen molar-refractivity contribution >= 4 is 5.91 Å². The maximum absolute atomic E-state index is 11.9. The van der Waals surface area contributed by atoms with Gasteiger partial charge < -0.3 is 10.1 Å². The van der Waals surface area contributed by atoms with Crippen LogP contribution in [0.3, 0.4) is 0 Å². The van der Waals surface area contributed by atoms with E-state index in [2.05, 4.69) is 11.4 Å². The van der Waals surface area contributed by atoms with Crippen molar-refractivity contribution in [3.8, 4) is 5.75 Å². The third kappa shape index (κ3) is 4.55. The van der Waals surface area contributed by atoms with Gasteiger partial charge in [-0.3, -0.25) is 4.79 Å². The average Bonchev–Trinajstić information content (AvgIpc) is 2.44. The number of carbonyl (C=O) groups is 1. The van der Waals surface area contributed by atoms with E-state index >= 15 is 0 Å². The summed E-state index contributed by atoms with van der Waals surface area (Å²) in [6.07, 6.45) is 6.48. The number of carbonyl (C=O) groups excluding carboxylic acids is 1. The van der Waals surface area contributed by atoms with Crippen molar-refractivity contribution in [1.82, 2.24) is 5.32 Å². The van der Waals surface area contributed by atoms with Crippen LogP contribution in [0.1, 0.15) is 49.7 Å². The zero-order valence-corrected chi connectivity index (χ0v) is 12.6. The van der Waals surface area contributed by atoms with Crippen LogP contribution in [0.25, 0.3) is 0 Å². The summed E-state index contributed by atoms with van der Waals surface area (Å²) in [5.41, 5.74) is 2.29. The topological polar surface area (TPSA) is 38.3 Å². The molecule has 0 radical (unpaired) electrons. The highest BCUT2D eigenvalue weighted by Crippen LogP contribution is 2.19. The highest BCUT2D eigenvalue weighted by atomic mass is 16.5. The van der Waals surface area contributed by atoms with E-state index in [-0.39, 0.29) is 5.91 Å². The summed E-state index contributed by atoms with van der Waals surface area (Å²) in [5, 5.41) is 3.11. The maximum atomic E-state index is 11.9. The van der Waals surface area contributed by atoms with Gasteiger partial charge in [-0.2, -0.15) is 0 Å². The molecule has 3 heteroatoms. The zero-order chi connectivity index (χ0) is 14.4. The van der Waals surface area contributed by atoms with Gasteiger partial charge in [0, 0.05) is 6.04 Å². The van der Waals surface area contributed by atoms with Gasteiger partial charge in [0.25, 0.3) is 0 Å². The van der Waals surface area contributed by atoms with Gasteiger partial charge in [-0.15, -0.1) is 0 Å². The summed E-state index contributed by atoms with van der Waals surface area (Å²) in [7, 11) is 0. The van der Waals surface area contributed by atoms with Gasteiger partial charge in [0.15, 0.2) is 0 Å². The van der Waals surface area contributed by atoms with Gasteiger partial charge >= 0.3 is 0 Å². The molecule has 1 amide bonds. The zero-order valence-electron chi connectivity index (χ0n) is 12.6. The molecule has 0 bridgehead atoms. The number of hydrogen-bond acceptors (Lipinski definition) is 2. The summed E-state index contributed by atoms with van der Waals surface area (Å²) in [6, 6.07) is 6.52. The maximum Gasteiger partial charge on any atom is 0.223 e. The van der Waals surface area contributed by atoms with Crippen LogP contribution in [0.5, 0.6) is 5.75 Å². The Morgan fingerprint density at radius 1 is 1.25 bits per heavy atom. The number of hydrogen-bond donors (Lipinski definition) is 1. The Morgan fingerprint density at radius 2 is 2.00 bits per heavy atom. The first kappa shape index (κ1) is 14.9. The Labute approximate surface area is 121 Å². The Bertz CT molecular complexity index is 450. The normalized spacial score (nSPS) is 15.9. The molecular weight excluding hydrogens is 250 g/mol. The molecule has 110 valence electrons. The lowest BCUT2D eigenvalue weighted by molar-refractivity contribution is -0.122. The van der Waals surface area contributed by atoms with Crippen molar-refractivity contribution < 1.29 is 9.53 Å². The first-order chi connectivity index (χ1) is 9.65. The van der Waals surface area contributed by atoms with Crippen molar-refractivity contribution in [1.29, 1.82) is 0 Å². The lowest BCUT2D eigenvalue weighted by Crippen LogP contribution is -2.36. The Morgan fingerprint density at radius 3 is 2.75 bits per heavy atom. The molecule has 1 aliphatic carbocycles. The predicted molar refractivity (Wildman–Crippen MR) is 81.0 cm³/mol. The van der Waals surface area contributed by atoms with Crippen LogP contribution < -0.4 is 10.1 Å². The van der Waals surface area contributed by atoms with E-state index in [1.165, 1.54) is 24.8 Å². The van der Waals surface area contributed by atoms with Gasteiger partial charge in [-0.05, 0) is 43.9 Å². The van der Waals surface area contributed by atoms with E-state index in [4.69, 9.17) is 4.74 Å². The summed E-state index contributed by atoms with van der Waals surface area (Å²) in [6.45, 7) is 4.52. The first-order valence-electron chi connectivity index (χ1n) is 7.64. The fraction of sp³-hybridized carbons (Fsp3) is 0.588. The highest BCUT2D eigenvalue weighted by Gasteiger charge is 2.15. The quantitative estimate of drug-likeness (QED) is 0.893. The Kier molecular flexibility index (Phi) is 5.45. The molecule has 1 saturated carbocycles. The number of amides is 1. The van der Waals surface area contributed by atoms with Gasteiger partial charge in [0.05, 0.1) is 13.0 Å². The van der Waals surface area contributed by atoms with Crippen molar-refractivity contribution in [3.63, 3.8) is 0 Å². The minimum Gasteiger partial charge on any atom is -0.493 e. The van der Waals surface area contributed by atoms with Crippen LogP contribution in [-0.2, 0) is 4.79 Å². The molecule has 1 aromatic carbocycles. The van der Waals surface area contributed by atoms with Gasteiger partial charge in [0.2, 0.25) is 5.91 Å². The molecule has 20 heavy (non-hydrogen) atoms. The lowest BCUT2D eigenvalue weighted by atomic mass is 9.95. The molecule has 1 aliphatic rings. The largest absolute Gasteiger partial charge is 0.493 e. The smallest absolute Gasteiger partial charge is 0.223 e. The second-order valence-corrected chi connectivity index (χ2v) is 5.77. The standard InChI is InChI=1S/C17H25NO2/c1-13-8-9-14(2)16(12-13)20-11-10-17(19)18-15-6-4-3-5-7-15/h8-9,12,15H,3-7,10-11H2,1-2H3,(H,18,19). The number of aryl methyl sites for hydroxylation is 2. The van der Waals surface area contributed by atoms with Crippen LogP contribution in [0.4, 0.5) is 0 Å². The first-order valence-corrected chi connectivity index (χ1v) is 7.64. The number of benzene rings is 1. The van der Waals surface area contributed by atoms with E-state index < -0.39 is 0 Å². The number of ether oxygens (including phenoxy) is 1. The van der Waals surface area contributed by atoms with Crippen LogP contribution in [-0.4, -0.2) is 18.6 Å². The molecule has 0 saturated heterocycles. The molecule has 0 aliphatic heterocycles. The van der Waals surface area contributed by atoms with Crippen molar-refractivity contribution in [3.05, 3.63) is 29.3 Å². The lowest BCUT2D eigenvalue weighted by Gasteiger charge is -2.22. The fourth-order valence-corrected chi connectivity index (χ4v) is 2.66. The Balaban J connectivity index is 1.72. The van der Waals surface area contributed by atoms with E-state index in [1.807, 2.05) is 26.0 Å². The third-order valence-corrected chi connectivity index (χ3v) is 3.90. The van der Waals surface area contributed by atoms with Gasteiger partial charge in [0.1, 0.15) is 5.75 Å². The van der Waals surface area contributed by atoms with Crippen LogP contribution >= 0.6 is 0 Å². The molecule has 1 fully saturated rings. The average molecular weight is 275 g/mol. The molecule has 3 nitrogen and oxygen atoms in total. The van der Waals surface area contributed by atoms with Crippen molar-refractivity contribution in [2.45, 2.75) is 58.4 Å². The second kappa shape index (κ2) is 7.32. The fourth-order valence-electron chi connectivity index (χ4n) is 2.66. The molecule has 1 N–H and O–H groups in total. The molecule has 0 aromatic heterocycles. The Hall–Kier alpha value is -1.51. The molecule has 0 atom stereocenters. The van der Waals surface area contributed by atoms with Crippen LogP contribution in [0.2, 0.25) is 0 Å². The predicted octanol–water partition coefficient (Wildman–Crippen LogP) is 3.52. The van der Waals surface area contributed by atoms with Gasteiger partial charge in [-0.25, -0.2) is 0 Å². The highest BCUT2D eigenvalue weighted by molar-refractivity contribution is 5.76. The van der Waals surface area contributed by atoms with E-state index in [0.29, 0.717) is 19.1 Å². The van der Waals surface area contributed by atoms with E-state index in [1.54, 1.807) is 0 Å². The second-order valence-electron chi connectivity index (χ2n) is 5.77. The third-order valence-electron chi connectivity index (χ3n) is 3.90. The van der Waals surface area contributed by atoms with Crippen LogP contribution in [0, 0.1) is 13.8 Å². The van der Waals surface area contributed by atoms with Gasteiger partial charge in [-0.1, -0.05) is 31.4 Å². The summed E-state index contributed by atoms with van der Waals surface area (Å²) in [5.74, 6) is 0.998. The molecule has 2 rings (SSSR count). The molecule has 0 heterocycles. The summed E-state index contributed by atoms with van der Waals surface area (Å²) >= 11 is 0. The molecular formula is C17H25NO2. The van der Waals surface area contributed by atoms with E-state index in [0.717, 1.165) is 24.2 Å². The number of rotatable bonds is 5. The van der Waals surface area contributed by atoms with Crippen LogP contribution in [0.15, 0.2) is 18.2 Å². The molecule has 0 unspecified atom stereocenters. The monoisotopic (exact) mass is 275 g/mol. The van der Waals surface area contributed by atoms with Crippen molar-refractivity contribution in [2.75, 3.05) is 6.61 Å². The SMILES string of the molecule is Cc1ccc(C)c(OCCC(=O)NC2CCCCC2)c1. The minimum absolute atomic E-state index is 0.113. The van der Waals surface area contributed by atoms with Crippen molar-refractivity contribution in [2.24, 2.45) is 0 Å². The molecule has 0 spiro atoms. The summed E-state index contributed by atoms with van der Waals surface area (Å²) in [4.78, 5) is 11.9. The number of nitrogens with one attached hydrogen (secondary N) is 1. The van der Waals surface area contributed by atoms with E-state index in [9.17, 15) is 4.79 Å².